The molecule has 2 amide bonds. The van der Waals surface area contributed by atoms with Gasteiger partial charge in [0.1, 0.15) is 12.4 Å². The summed E-state index contributed by atoms with van der Waals surface area (Å²) in [5, 5.41) is 2.36. The van der Waals surface area contributed by atoms with E-state index >= 15 is 0 Å². The van der Waals surface area contributed by atoms with Crippen LogP contribution in [0.1, 0.15) is 11.1 Å². The van der Waals surface area contributed by atoms with Crippen LogP contribution in [0.2, 0.25) is 0 Å². The Labute approximate surface area is 170 Å². The molecule has 0 heterocycles. The number of amides is 2. The second-order valence-corrected chi connectivity index (χ2v) is 5.71. The van der Waals surface area contributed by atoms with E-state index in [9.17, 15) is 18.0 Å². The fourth-order valence-corrected chi connectivity index (χ4v) is 2.14. The Morgan fingerprint density at radius 3 is 2.63 bits per heavy atom. The van der Waals surface area contributed by atoms with Gasteiger partial charge in [0, 0.05) is 18.3 Å². The summed E-state index contributed by atoms with van der Waals surface area (Å²) in [5.74, 6) is -1.95. The summed E-state index contributed by atoms with van der Waals surface area (Å²) in [6.07, 6.45) is 1.34. The highest BCUT2D eigenvalue weighted by molar-refractivity contribution is 5.95. The highest BCUT2D eigenvalue weighted by Gasteiger charge is 2.09. The topological polar surface area (TPSA) is 98.3 Å². The van der Waals surface area contributed by atoms with Crippen LogP contribution < -0.4 is 15.8 Å². The summed E-state index contributed by atoms with van der Waals surface area (Å²) >= 11 is 0. The van der Waals surface area contributed by atoms with Crippen molar-refractivity contribution >= 4 is 18.3 Å². The fraction of sp³-hybridized carbons (Fsp3) is 0.150. The molecule has 0 aliphatic carbocycles. The van der Waals surface area contributed by atoms with Gasteiger partial charge in [-0.25, -0.2) is 23.0 Å². The lowest BCUT2D eigenvalue weighted by Gasteiger charge is -2.08. The van der Waals surface area contributed by atoms with Gasteiger partial charge in [0.25, 0.3) is 0 Å². The van der Waals surface area contributed by atoms with Gasteiger partial charge in [-0.05, 0) is 23.8 Å². The number of halogens is 3. The Morgan fingerprint density at radius 2 is 1.97 bits per heavy atom. The van der Waals surface area contributed by atoms with Crippen LogP contribution in [0.4, 0.5) is 18.0 Å². The first-order valence-electron chi connectivity index (χ1n) is 8.59. The number of methoxy groups -OCH3 is 1. The van der Waals surface area contributed by atoms with Crippen molar-refractivity contribution < 1.29 is 27.4 Å². The van der Waals surface area contributed by atoms with Gasteiger partial charge in [-0.2, -0.15) is 0 Å². The van der Waals surface area contributed by atoms with Gasteiger partial charge < -0.3 is 20.5 Å². The fourth-order valence-electron chi connectivity index (χ4n) is 2.14. The zero-order valence-electron chi connectivity index (χ0n) is 15.9. The maximum absolute atomic E-state index is 13.8. The van der Waals surface area contributed by atoms with Crippen molar-refractivity contribution in [2.24, 2.45) is 15.7 Å². The van der Waals surface area contributed by atoms with Gasteiger partial charge in [-0.15, -0.1) is 4.99 Å². The van der Waals surface area contributed by atoms with Gasteiger partial charge in [-0.3, -0.25) is 0 Å². The van der Waals surface area contributed by atoms with Crippen LogP contribution in [0.15, 0.2) is 64.5 Å². The molecule has 30 heavy (non-hydrogen) atoms. The molecule has 2 rings (SSSR count). The summed E-state index contributed by atoms with van der Waals surface area (Å²) in [5.41, 5.74) is 5.65. The number of ether oxygens (including phenoxy) is 2. The molecule has 2 aromatic carbocycles. The molecule has 10 heteroatoms. The number of rotatable bonds is 6. The first kappa shape index (κ1) is 22.5. The van der Waals surface area contributed by atoms with Crippen LogP contribution in [0.25, 0.3) is 0 Å². The number of hydrogen-bond acceptors (Lipinski definition) is 4. The van der Waals surface area contributed by atoms with Crippen LogP contribution in [0.5, 0.6) is 5.75 Å². The van der Waals surface area contributed by atoms with Crippen LogP contribution in [-0.2, 0) is 17.9 Å². The quantitative estimate of drug-likeness (QED) is 0.551. The highest BCUT2D eigenvalue weighted by atomic mass is 19.1. The molecule has 0 aliphatic heterocycles. The van der Waals surface area contributed by atoms with Gasteiger partial charge in [0.05, 0.1) is 13.3 Å². The predicted molar refractivity (Wildman–Crippen MR) is 106 cm³/mol. The monoisotopic (exact) mass is 420 g/mol. The number of urea groups is 1. The molecule has 0 bridgehead atoms. The van der Waals surface area contributed by atoms with E-state index < -0.39 is 29.5 Å². The van der Waals surface area contributed by atoms with Crippen molar-refractivity contribution in [1.82, 2.24) is 5.32 Å². The molecule has 0 saturated heterocycles. The van der Waals surface area contributed by atoms with Gasteiger partial charge in [0.15, 0.2) is 17.4 Å². The van der Waals surface area contributed by atoms with Crippen LogP contribution in [0, 0.1) is 11.6 Å². The van der Waals surface area contributed by atoms with E-state index in [0.717, 1.165) is 0 Å². The minimum Gasteiger partial charge on any atom is -0.494 e. The third-order valence-electron chi connectivity index (χ3n) is 3.63. The van der Waals surface area contributed by atoms with Gasteiger partial charge >= 0.3 is 12.1 Å². The van der Waals surface area contributed by atoms with E-state index in [1.807, 2.05) is 0 Å². The maximum Gasteiger partial charge on any atom is 0.345 e. The molecule has 3 N–H and O–H groups in total. The van der Waals surface area contributed by atoms with E-state index in [2.05, 4.69) is 15.3 Å². The first-order chi connectivity index (χ1) is 14.4. The Morgan fingerprint density at radius 1 is 1.20 bits per heavy atom. The average Bonchev–Trinajstić information content (AvgIpc) is 2.74. The number of nitrogens with one attached hydrogen (secondary N) is 1. The summed E-state index contributed by atoms with van der Waals surface area (Å²) in [6, 6.07) is 8.56. The van der Waals surface area contributed by atoms with Crippen LogP contribution >= 0.6 is 0 Å². The molecule has 0 fully saturated rings. The van der Waals surface area contributed by atoms with E-state index in [-0.39, 0.29) is 24.5 Å². The summed E-state index contributed by atoms with van der Waals surface area (Å²) in [4.78, 5) is 19.2. The Kier molecular flexibility index (Phi) is 8.42. The molecule has 158 valence electrons. The smallest absolute Gasteiger partial charge is 0.345 e. The van der Waals surface area contributed by atoms with Crippen molar-refractivity contribution in [2.75, 3.05) is 7.11 Å². The number of amidine groups is 1. The molecule has 7 nitrogen and oxygen atoms in total. The van der Waals surface area contributed by atoms with E-state index in [0.29, 0.717) is 18.0 Å². The number of benzene rings is 2. The number of carbonyl (C=O) groups is 1. The van der Waals surface area contributed by atoms with Crippen molar-refractivity contribution in [3.05, 3.63) is 77.3 Å². The predicted octanol–water partition coefficient (Wildman–Crippen LogP) is 3.60. The molecular weight excluding hydrogens is 401 g/mol. The van der Waals surface area contributed by atoms with Crippen LogP contribution in [-0.4, -0.2) is 25.4 Å². The molecule has 0 aromatic heterocycles. The highest BCUT2D eigenvalue weighted by Crippen LogP contribution is 2.18. The largest absolute Gasteiger partial charge is 0.494 e. The zero-order chi connectivity index (χ0) is 21.9. The zero-order valence-corrected chi connectivity index (χ0v) is 15.9. The third kappa shape index (κ3) is 6.97. The lowest BCUT2D eigenvalue weighted by Crippen LogP contribution is -2.21. The Hall–Kier alpha value is -3.82. The Bertz CT molecular complexity index is 978. The minimum atomic E-state index is -0.900. The molecule has 0 aliphatic rings. The third-order valence-corrected chi connectivity index (χ3v) is 3.63. The Balaban J connectivity index is 2.09. The van der Waals surface area contributed by atoms with E-state index in [1.54, 1.807) is 6.07 Å². The lowest BCUT2D eigenvalue weighted by atomic mass is 10.2. The van der Waals surface area contributed by atoms with E-state index in [1.165, 1.54) is 43.5 Å². The minimum absolute atomic E-state index is 0.0494. The average molecular weight is 420 g/mol. The SMILES string of the molecule is COc1ccc(COC(/N=C\C(F)=C\N)=N/C(=O)NCc2ccccc2F)cc1F. The lowest BCUT2D eigenvalue weighted by molar-refractivity contribution is 0.245. The normalized spacial score (nSPS) is 12.1. The number of hydrogen-bond donors (Lipinski definition) is 2. The molecule has 0 unspecified atom stereocenters. The first-order valence-corrected chi connectivity index (χ1v) is 8.59. The number of allylic oxidation sites excluding steroid dienone is 1. The maximum atomic E-state index is 13.8. The molecule has 0 saturated carbocycles. The second-order valence-electron chi connectivity index (χ2n) is 5.71. The van der Waals surface area contributed by atoms with Crippen LogP contribution in [0.3, 0.4) is 0 Å². The van der Waals surface area contributed by atoms with E-state index in [4.69, 9.17) is 15.2 Å². The summed E-state index contributed by atoms with van der Waals surface area (Å²) < 4.78 is 50.7. The molecular formula is C20H19F3N4O3. The number of nitrogens with zero attached hydrogens (tertiary/aromatic N) is 2. The van der Waals surface area contributed by atoms with Crippen molar-refractivity contribution in [2.45, 2.75) is 13.2 Å². The number of carbonyl (C=O) groups excluding carboxylic acids is 1. The second kappa shape index (κ2) is 11.2. The molecule has 0 radical (unpaired) electrons. The standard InChI is InChI=1S/C20H19F3N4O3/c1-29-18-7-6-13(8-17(18)23)12-30-20(26-11-15(21)9-24)27-19(28)25-10-14-4-2-3-5-16(14)22/h2-9,11H,10,12,24H2,1H3,(H,25,28)/b15-9-,26-11-,27-20+. The van der Waals surface area contributed by atoms with Crippen molar-refractivity contribution in [3.63, 3.8) is 0 Å². The summed E-state index contributed by atoms with van der Waals surface area (Å²) in [7, 11) is 1.33. The van der Waals surface area contributed by atoms with Gasteiger partial charge in [0.2, 0.25) is 0 Å². The van der Waals surface area contributed by atoms with Gasteiger partial charge in [-0.1, -0.05) is 24.3 Å². The number of aliphatic imine (C=N–C) groups is 2. The number of nitrogens with two attached hydrogens (primary N) is 1. The van der Waals surface area contributed by atoms with Crippen molar-refractivity contribution in [1.29, 1.82) is 0 Å². The molecule has 0 spiro atoms. The molecule has 0 atom stereocenters. The summed E-state index contributed by atoms with van der Waals surface area (Å²) in [6.45, 7) is -0.349. The van der Waals surface area contributed by atoms with Crippen molar-refractivity contribution in [3.8, 4) is 5.75 Å². The molecule has 2 aromatic rings.